The van der Waals surface area contributed by atoms with E-state index in [1.165, 1.54) is 18.2 Å². The molecule has 2 aromatic rings. The van der Waals surface area contributed by atoms with Gasteiger partial charge in [-0.2, -0.15) is 4.98 Å². The van der Waals surface area contributed by atoms with Crippen molar-refractivity contribution in [2.45, 2.75) is 6.92 Å². The average Bonchev–Trinajstić information content (AvgIpc) is 2.13. The van der Waals surface area contributed by atoms with Gasteiger partial charge in [-0.3, -0.25) is 0 Å². The molecule has 0 amide bonds. The zero-order chi connectivity index (χ0) is 12.4. The Kier molecular flexibility index (Phi) is 3.23. The van der Waals surface area contributed by atoms with Gasteiger partial charge in [0.25, 0.3) is 0 Å². The fraction of sp³-hybridized carbons (Fsp3) is 0.0909. The van der Waals surface area contributed by atoms with Gasteiger partial charge in [0.2, 0.25) is 5.88 Å². The molecule has 17 heavy (non-hydrogen) atoms. The van der Waals surface area contributed by atoms with Crippen LogP contribution in [0.3, 0.4) is 0 Å². The van der Waals surface area contributed by atoms with E-state index in [4.69, 9.17) is 10.5 Å². The molecule has 1 heterocycles. The quantitative estimate of drug-likeness (QED) is 0.925. The Bertz CT molecular complexity index is 472. The molecule has 0 aliphatic carbocycles. The van der Waals surface area contributed by atoms with E-state index in [2.05, 4.69) is 25.9 Å². The number of hydrogen-bond donors (Lipinski definition) is 1. The van der Waals surface area contributed by atoms with Crippen LogP contribution in [0.5, 0.6) is 11.6 Å². The van der Waals surface area contributed by atoms with Crippen LogP contribution in [0.4, 0.5) is 10.2 Å². The molecule has 0 aliphatic heterocycles. The highest BCUT2D eigenvalue weighted by Crippen LogP contribution is 2.25. The van der Waals surface area contributed by atoms with E-state index in [0.717, 1.165) is 0 Å². The predicted octanol–water partition coefficient (Wildman–Crippen LogP) is 3.06. The first-order valence-electron chi connectivity index (χ1n) is 4.78. The summed E-state index contributed by atoms with van der Waals surface area (Å²) in [6.07, 6.45) is 0. The molecule has 0 fully saturated rings. The number of aryl methyl sites for hydroxylation is 1. The lowest BCUT2D eigenvalue weighted by atomic mass is 10.3. The van der Waals surface area contributed by atoms with Gasteiger partial charge >= 0.3 is 0 Å². The Morgan fingerprint density at radius 2 is 2.00 bits per heavy atom. The maximum atomic E-state index is 13.1. The Balaban J connectivity index is 2.31. The second-order valence-electron chi connectivity index (χ2n) is 3.39. The van der Waals surface area contributed by atoms with E-state index >= 15 is 0 Å². The van der Waals surface area contributed by atoms with Crippen LogP contribution in [0.15, 0.2) is 28.7 Å². The van der Waals surface area contributed by atoms with Crippen LogP contribution in [-0.2, 0) is 0 Å². The Labute approximate surface area is 106 Å². The highest BCUT2D eigenvalue weighted by Gasteiger charge is 2.04. The molecule has 0 bridgehead atoms. The molecule has 2 rings (SSSR count). The number of anilines is 1. The first-order valence-corrected chi connectivity index (χ1v) is 5.57. The molecular weight excluding hydrogens is 289 g/mol. The number of benzene rings is 1. The van der Waals surface area contributed by atoms with Crippen LogP contribution in [0, 0.1) is 12.7 Å². The number of nitrogens with zero attached hydrogens (tertiary/aromatic N) is 2. The molecule has 0 saturated carbocycles. The van der Waals surface area contributed by atoms with Crippen molar-refractivity contribution in [3.8, 4) is 11.6 Å². The number of halogens is 2. The molecule has 4 nitrogen and oxygen atoms in total. The molecule has 0 radical (unpaired) electrons. The second kappa shape index (κ2) is 4.67. The number of rotatable bonds is 2. The number of hydrogen-bond acceptors (Lipinski definition) is 4. The average molecular weight is 298 g/mol. The fourth-order valence-electron chi connectivity index (χ4n) is 1.32. The summed E-state index contributed by atoms with van der Waals surface area (Å²) in [5.41, 5.74) is 5.56. The van der Waals surface area contributed by atoms with Crippen LogP contribution in [0.1, 0.15) is 5.82 Å². The minimum atomic E-state index is -0.395. The molecule has 0 aliphatic rings. The highest BCUT2D eigenvalue weighted by atomic mass is 79.9. The largest absolute Gasteiger partial charge is 0.439 e. The summed E-state index contributed by atoms with van der Waals surface area (Å²) in [5.74, 6) is 1.04. The van der Waals surface area contributed by atoms with Crippen LogP contribution in [0.2, 0.25) is 0 Å². The van der Waals surface area contributed by atoms with Crippen molar-refractivity contribution >= 4 is 21.7 Å². The number of aromatic nitrogens is 2. The zero-order valence-electron chi connectivity index (χ0n) is 8.95. The maximum Gasteiger partial charge on any atom is 0.224 e. The third kappa shape index (κ3) is 3.13. The van der Waals surface area contributed by atoms with Gasteiger partial charge in [-0.05, 0) is 19.1 Å². The van der Waals surface area contributed by atoms with Gasteiger partial charge in [-0.1, -0.05) is 15.9 Å². The number of nitrogens with two attached hydrogens (primary N) is 1. The maximum absolute atomic E-state index is 13.1. The Morgan fingerprint density at radius 1 is 1.24 bits per heavy atom. The summed E-state index contributed by atoms with van der Waals surface area (Å²) in [6.45, 7) is 1.70. The van der Waals surface area contributed by atoms with Crippen molar-refractivity contribution in [2.75, 3.05) is 5.73 Å². The van der Waals surface area contributed by atoms with E-state index in [1.54, 1.807) is 13.0 Å². The molecule has 2 N–H and O–H groups in total. The predicted molar refractivity (Wildman–Crippen MR) is 65.4 cm³/mol. The van der Waals surface area contributed by atoms with Crippen LogP contribution in [-0.4, -0.2) is 9.97 Å². The van der Waals surface area contributed by atoms with Crippen LogP contribution < -0.4 is 10.5 Å². The fourth-order valence-corrected chi connectivity index (χ4v) is 1.77. The van der Waals surface area contributed by atoms with Crippen molar-refractivity contribution < 1.29 is 9.13 Å². The van der Waals surface area contributed by atoms with Gasteiger partial charge in [0, 0.05) is 16.6 Å². The van der Waals surface area contributed by atoms with Crippen molar-refractivity contribution in [3.63, 3.8) is 0 Å². The Hall–Kier alpha value is -1.69. The lowest BCUT2D eigenvalue weighted by molar-refractivity contribution is 0.455. The van der Waals surface area contributed by atoms with Crippen molar-refractivity contribution in [2.24, 2.45) is 0 Å². The summed E-state index contributed by atoms with van der Waals surface area (Å²) < 4.78 is 19.1. The highest BCUT2D eigenvalue weighted by molar-refractivity contribution is 9.10. The topological polar surface area (TPSA) is 61.0 Å². The van der Waals surface area contributed by atoms with E-state index in [-0.39, 0.29) is 5.88 Å². The van der Waals surface area contributed by atoms with Gasteiger partial charge in [-0.15, -0.1) is 0 Å². The van der Waals surface area contributed by atoms with Crippen molar-refractivity contribution in [1.29, 1.82) is 0 Å². The first-order chi connectivity index (χ1) is 8.02. The first kappa shape index (κ1) is 11.8. The molecule has 1 aromatic carbocycles. The summed E-state index contributed by atoms with van der Waals surface area (Å²) >= 11 is 3.18. The van der Waals surface area contributed by atoms with E-state index in [1.807, 2.05) is 0 Å². The molecule has 0 saturated heterocycles. The van der Waals surface area contributed by atoms with Crippen molar-refractivity contribution in [1.82, 2.24) is 9.97 Å². The second-order valence-corrected chi connectivity index (χ2v) is 4.30. The van der Waals surface area contributed by atoms with Crippen LogP contribution >= 0.6 is 15.9 Å². The molecule has 0 atom stereocenters. The summed E-state index contributed by atoms with van der Waals surface area (Å²) in [5, 5.41) is 0. The van der Waals surface area contributed by atoms with Crippen molar-refractivity contribution in [3.05, 3.63) is 40.4 Å². The third-order valence-electron chi connectivity index (χ3n) is 1.89. The molecule has 0 spiro atoms. The van der Waals surface area contributed by atoms with Gasteiger partial charge in [0.15, 0.2) is 0 Å². The van der Waals surface area contributed by atoms with E-state index < -0.39 is 5.82 Å². The molecule has 88 valence electrons. The van der Waals surface area contributed by atoms with Gasteiger partial charge in [-0.25, -0.2) is 9.37 Å². The summed E-state index contributed by atoms with van der Waals surface area (Å²) in [6, 6.07) is 5.72. The lowest BCUT2D eigenvalue weighted by Crippen LogP contribution is -1.98. The molecule has 0 unspecified atom stereocenters. The molecule has 1 aromatic heterocycles. The lowest BCUT2D eigenvalue weighted by Gasteiger charge is -2.06. The van der Waals surface area contributed by atoms with E-state index in [9.17, 15) is 4.39 Å². The molecule has 6 heteroatoms. The van der Waals surface area contributed by atoms with Crippen LogP contribution in [0.25, 0.3) is 0 Å². The standard InChI is InChI=1S/C11H9BrFN3O/c1-6-15-10(14)5-11(16-6)17-9-3-7(12)2-8(13)4-9/h2-5H,1H3,(H2,14,15,16). The third-order valence-corrected chi connectivity index (χ3v) is 2.35. The van der Waals surface area contributed by atoms with E-state index in [0.29, 0.717) is 21.9 Å². The van der Waals surface area contributed by atoms with Gasteiger partial charge in [0.05, 0.1) is 0 Å². The number of ether oxygens (including phenoxy) is 1. The minimum Gasteiger partial charge on any atom is -0.439 e. The minimum absolute atomic E-state index is 0.285. The smallest absolute Gasteiger partial charge is 0.224 e. The zero-order valence-corrected chi connectivity index (χ0v) is 10.5. The number of nitrogen functional groups attached to an aromatic ring is 1. The summed E-state index contributed by atoms with van der Waals surface area (Å²) in [7, 11) is 0. The Morgan fingerprint density at radius 3 is 2.65 bits per heavy atom. The normalized spacial score (nSPS) is 10.3. The molecular formula is C11H9BrFN3O. The van der Waals surface area contributed by atoms with Gasteiger partial charge in [0.1, 0.15) is 23.2 Å². The monoisotopic (exact) mass is 297 g/mol. The van der Waals surface area contributed by atoms with Gasteiger partial charge < -0.3 is 10.5 Å². The summed E-state index contributed by atoms with van der Waals surface area (Å²) in [4.78, 5) is 7.95. The SMILES string of the molecule is Cc1nc(N)cc(Oc2cc(F)cc(Br)c2)n1.